The fourth-order valence-corrected chi connectivity index (χ4v) is 4.17. The highest BCUT2D eigenvalue weighted by molar-refractivity contribution is 6.46. The lowest BCUT2D eigenvalue weighted by molar-refractivity contribution is -0.139. The Morgan fingerprint density at radius 2 is 1.62 bits per heavy atom. The molecule has 1 fully saturated rings. The van der Waals surface area contributed by atoms with Crippen LogP contribution in [0.15, 0.2) is 78.4 Å². The van der Waals surface area contributed by atoms with Gasteiger partial charge in [-0.1, -0.05) is 54.6 Å². The van der Waals surface area contributed by atoms with Crippen molar-refractivity contribution < 1.29 is 28.6 Å². The molecule has 34 heavy (non-hydrogen) atoms. The van der Waals surface area contributed by atoms with Gasteiger partial charge >= 0.3 is 0 Å². The van der Waals surface area contributed by atoms with Crippen LogP contribution in [0.4, 0.5) is 4.39 Å². The maximum Gasteiger partial charge on any atom is 0.295 e. The zero-order valence-electron chi connectivity index (χ0n) is 18.8. The Kier molecular flexibility index (Phi) is 6.63. The second-order valence-corrected chi connectivity index (χ2v) is 7.82. The van der Waals surface area contributed by atoms with Gasteiger partial charge in [-0.2, -0.15) is 0 Å². The highest BCUT2D eigenvalue weighted by Gasteiger charge is 2.46. The number of amides is 1. The summed E-state index contributed by atoms with van der Waals surface area (Å²) in [7, 11) is 3.07. The molecular weight excluding hydrogens is 437 g/mol. The van der Waals surface area contributed by atoms with Gasteiger partial charge in [-0.3, -0.25) is 9.59 Å². The fraction of sp³-hybridized carbons (Fsp3) is 0.185. The van der Waals surface area contributed by atoms with Crippen LogP contribution in [0.5, 0.6) is 11.5 Å². The van der Waals surface area contributed by atoms with E-state index in [1.807, 2.05) is 6.07 Å². The molecule has 0 radical (unpaired) electrons. The zero-order chi connectivity index (χ0) is 24.2. The highest BCUT2D eigenvalue weighted by Crippen LogP contribution is 2.40. The second-order valence-electron chi connectivity index (χ2n) is 7.82. The van der Waals surface area contributed by atoms with Gasteiger partial charge in [-0.15, -0.1) is 0 Å². The highest BCUT2D eigenvalue weighted by atomic mass is 19.1. The number of Topliss-reactive ketones (excluding diaryl/α,β-unsaturated/α-hetero) is 1. The number of rotatable bonds is 7. The molecule has 7 heteroatoms. The van der Waals surface area contributed by atoms with Crippen LogP contribution >= 0.6 is 0 Å². The number of likely N-dealkylation sites (tertiary alicyclic amines) is 1. The van der Waals surface area contributed by atoms with Crippen LogP contribution in [0.1, 0.15) is 22.7 Å². The van der Waals surface area contributed by atoms with Gasteiger partial charge in [0, 0.05) is 17.7 Å². The third-order valence-electron chi connectivity index (χ3n) is 5.88. The molecule has 3 aromatic rings. The van der Waals surface area contributed by atoms with Crippen molar-refractivity contribution in [2.45, 2.75) is 12.5 Å². The Hall–Kier alpha value is -4.13. The minimum Gasteiger partial charge on any atom is -0.507 e. The second kappa shape index (κ2) is 9.79. The molecule has 174 valence electrons. The maximum absolute atomic E-state index is 14.9. The number of halogens is 1. The van der Waals surface area contributed by atoms with Crippen LogP contribution in [-0.2, 0) is 16.0 Å². The number of carbonyl (C=O) groups is 2. The number of ether oxygens (including phenoxy) is 2. The summed E-state index contributed by atoms with van der Waals surface area (Å²) in [6, 6.07) is 18.7. The lowest BCUT2D eigenvalue weighted by Gasteiger charge is -2.25. The molecule has 1 amide bonds. The summed E-state index contributed by atoms with van der Waals surface area (Å²) in [5.74, 6) is -1.42. The number of hydrogen-bond donors (Lipinski definition) is 1. The first-order valence-corrected chi connectivity index (χ1v) is 10.8. The van der Waals surface area contributed by atoms with Crippen LogP contribution in [0.25, 0.3) is 5.76 Å². The molecule has 0 saturated carbocycles. The first kappa shape index (κ1) is 23.0. The van der Waals surface area contributed by atoms with Crippen molar-refractivity contribution in [3.8, 4) is 11.5 Å². The van der Waals surface area contributed by atoms with Crippen LogP contribution < -0.4 is 9.47 Å². The molecular formula is C27H24FNO5. The van der Waals surface area contributed by atoms with Gasteiger partial charge in [0.2, 0.25) is 0 Å². The third kappa shape index (κ3) is 4.24. The van der Waals surface area contributed by atoms with E-state index in [2.05, 4.69) is 0 Å². The molecule has 4 rings (SSSR count). The molecule has 0 spiro atoms. The number of aliphatic hydroxyl groups is 1. The predicted molar refractivity (Wildman–Crippen MR) is 125 cm³/mol. The largest absolute Gasteiger partial charge is 0.507 e. The first-order chi connectivity index (χ1) is 16.5. The number of aliphatic hydroxyl groups excluding tert-OH is 1. The Bertz CT molecular complexity index is 1250. The van der Waals surface area contributed by atoms with Crippen LogP contribution in [-0.4, -0.2) is 42.5 Å². The third-order valence-corrected chi connectivity index (χ3v) is 5.88. The van der Waals surface area contributed by atoms with Crippen molar-refractivity contribution in [2.75, 3.05) is 20.8 Å². The van der Waals surface area contributed by atoms with E-state index in [4.69, 9.17) is 9.47 Å². The molecule has 3 aromatic carbocycles. The number of methoxy groups -OCH3 is 2. The predicted octanol–water partition coefficient (Wildman–Crippen LogP) is 4.51. The molecule has 0 aliphatic carbocycles. The number of benzene rings is 3. The Balaban J connectivity index is 1.75. The summed E-state index contributed by atoms with van der Waals surface area (Å²) in [5, 5.41) is 11.0. The summed E-state index contributed by atoms with van der Waals surface area (Å²) < 4.78 is 25.5. The summed E-state index contributed by atoms with van der Waals surface area (Å²) >= 11 is 0. The van der Waals surface area contributed by atoms with Crippen LogP contribution in [0, 0.1) is 5.82 Å². The topological polar surface area (TPSA) is 76.1 Å². The van der Waals surface area contributed by atoms with Crippen molar-refractivity contribution in [3.05, 3.63) is 101 Å². The van der Waals surface area contributed by atoms with Gasteiger partial charge in [0.1, 0.15) is 11.6 Å². The summed E-state index contributed by atoms with van der Waals surface area (Å²) in [6.07, 6.45) is 0.379. The van der Waals surface area contributed by atoms with Crippen LogP contribution in [0.2, 0.25) is 0 Å². The van der Waals surface area contributed by atoms with Crippen LogP contribution in [0.3, 0.4) is 0 Å². The average molecular weight is 461 g/mol. The molecule has 1 unspecified atom stereocenters. The van der Waals surface area contributed by atoms with Gasteiger partial charge in [0.25, 0.3) is 11.7 Å². The summed E-state index contributed by atoms with van der Waals surface area (Å²) in [4.78, 5) is 27.4. The van der Waals surface area contributed by atoms with Gasteiger partial charge < -0.3 is 19.5 Å². The van der Waals surface area contributed by atoms with Crippen molar-refractivity contribution in [2.24, 2.45) is 0 Å². The van der Waals surface area contributed by atoms with E-state index in [-0.39, 0.29) is 23.4 Å². The summed E-state index contributed by atoms with van der Waals surface area (Å²) in [5.41, 5.74) is 1.23. The maximum atomic E-state index is 14.9. The quantitative estimate of drug-likeness (QED) is 0.318. The van der Waals surface area contributed by atoms with Crippen molar-refractivity contribution in [1.29, 1.82) is 0 Å². The van der Waals surface area contributed by atoms with Crippen molar-refractivity contribution in [1.82, 2.24) is 4.90 Å². The number of carbonyl (C=O) groups excluding carboxylic acids is 2. The minimum atomic E-state index is -1.05. The Morgan fingerprint density at radius 3 is 2.29 bits per heavy atom. The molecule has 1 N–H and O–H groups in total. The van der Waals surface area contributed by atoms with Gasteiger partial charge in [-0.25, -0.2) is 4.39 Å². The first-order valence-electron chi connectivity index (χ1n) is 10.8. The molecule has 0 aromatic heterocycles. The van der Waals surface area contributed by atoms with E-state index >= 15 is 0 Å². The van der Waals surface area contributed by atoms with Gasteiger partial charge in [0.15, 0.2) is 11.5 Å². The van der Waals surface area contributed by atoms with E-state index in [1.54, 1.807) is 48.5 Å². The van der Waals surface area contributed by atoms with Gasteiger partial charge in [0.05, 0.1) is 25.8 Å². The lowest BCUT2D eigenvalue weighted by Crippen LogP contribution is -2.32. The number of nitrogens with zero attached hydrogens (tertiary/aromatic N) is 1. The summed E-state index contributed by atoms with van der Waals surface area (Å²) in [6.45, 7) is 0.130. The number of hydrogen-bond acceptors (Lipinski definition) is 5. The van der Waals surface area contributed by atoms with Crippen molar-refractivity contribution >= 4 is 17.4 Å². The minimum absolute atomic E-state index is 0.130. The standard InChI is InChI=1S/C27H24FNO5/c1-33-21-13-12-17(16-22(21)34-2)14-15-29-24(19-10-6-7-11-20(19)28)23(26(31)27(29)32)25(30)18-8-4-3-5-9-18/h3-13,16,24,30H,14-15H2,1-2H3. The molecule has 0 bridgehead atoms. The average Bonchev–Trinajstić information content (AvgIpc) is 3.12. The molecule has 1 aliphatic heterocycles. The van der Waals surface area contributed by atoms with E-state index in [1.165, 1.54) is 37.3 Å². The monoisotopic (exact) mass is 461 g/mol. The SMILES string of the molecule is COc1ccc(CCN2C(=O)C(=O)C(=C(O)c3ccccc3)C2c2ccccc2F)cc1OC. The van der Waals surface area contributed by atoms with E-state index in [0.29, 0.717) is 23.5 Å². The molecule has 1 heterocycles. The molecule has 1 aliphatic rings. The van der Waals surface area contributed by atoms with E-state index in [9.17, 15) is 19.1 Å². The van der Waals surface area contributed by atoms with E-state index in [0.717, 1.165) is 5.56 Å². The fourth-order valence-electron chi connectivity index (χ4n) is 4.17. The Labute approximate surface area is 196 Å². The van der Waals surface area contributed by atoms with Crippen molar-refractivity contribution in [3.63, 3.8) is 0 Å². The molecule has 6 nitrogen and oxygen atoms in total. The molecule has 1 saturated heterocycles. The van der Waals surface area contributed by atoms with Gasteiger partial charge in [-0.05, 0) is 30.2 Å². The smallest absolute Gasteiger partial charge is 0.295 e. The lowest BCUT2D eigenvalue weighted by atomic mass is 9.95. The Morgan fingerprint density at radius 1 is 0.941 bits per heavy atom. The molecule has 1 atom stereocenters. The number of ketones is 1. The zero-order valence-corrected chi connectivity index (χ0v) is 18.8. The normalized spacial score (nSPS) is 17.1. The van der Waals surface area contributed by atoms with E-state index < -0.39 is 23.5 Å².